The van der Waals surface area contributed by atoms with Gasteiger partial charge in [0.15, 0.2) is 0 Å². The first-order valence-electron chi connectivity index (χ1n) is 8.15. The van der Waals surface area contributed by atoms with E-state index in [0.717, 1.165) is 11.1 Å². The van der Waals surface area contributed by atoms with E-state index in [2.05, 4.69) is 5.32 Å². The van der Waals surface area contributed by atoms with Crippen molar-refractivity contribution in [3.8, 4) is 0 Å². The number of nitrogens with one attached hydrogen (secondary N) is 1. The van der Waals surface area contributed by atoms with E-state index in [9.17, 15) is 13.2 Å². The van der Waals surface area contributed by atoms with Gasteiger partial charge in [0.25, 0.3) is 10.0 Å². The highest BCUT2D eigenvalue weighted by atomic mass is 32.2. The number of carbonyl (C=O) groups is 1. The molecule has 0 unspecified atom stereocenters. The maximum atomic E-state index is 13.1. The zero-order chi connectivity index (χ0) is 18.6. The van der Waals surface area contributed by atoms with Crippen LogP contribution in [0.1, 0.15) is 25.0 Å². The average molecular weight is 360 g/mol. The number of hydrogen-bond donors (Lipinski definition) is 1. The second-order valence-corrected chi connectivity index (χ2v) is 8.26. The van der Waals surface area contributed by atoms with Crippen LogP contribution < -0.4 is 9.62 Å². The summed E-state index contributed by atoms with van der Waals surface area (Å²) in [5.74, 6) is -0.339. The van der Waals surface area contributed by atoms with Crippen molar-refractivity contribution in [3.63, 3.8) is 0 Å². The quantitative estimate of drug-likeness (QED) is 0.861. The highest BCUT2D eigenvalue weighted by Gasteiger charge is 2.27. The Hall–Kier alpha value is -2.34. The van der Waals surface area contributed by atoms with Gasteiger partial charge in [-0.05, 0) is 63.1 Å². The summed E-state index contributed by atoms with van der Waals surface area (Å²) in [6, 6.07) is 13.6. The van der Waals surface area contributed by atoms with Crippen LogP contribution in [-0.2, 0) is 14.8 Å². The second kappa shape index (κ2) is 7.70. The molecule has 5 nitrogen and oxygen atoms in total. The predicted molar refractivity (Wildman–Crippen MR) is 100 cm³/mol. The molecule has 25 heavy (non-hydrogen) atoms. The van der Waals surface area contributed by atoms with Crippen LogP contribution in [-0.4, -0.2) is 26.9 Å². The molecular formula is C19H24N2O3S. The summed E-state index contributed by atoms with van der Waals surface area (Å²) in [5, 5.41) is 2.75. The smallest absolute Gasteiger partial charge is 0.264 e. The molecule has 134 valence electrons. The van der Waals surface area contributed by atoms with Crippen molar-refractivity contribution in [2.75, 3.05) is 10.8 Å². The Morgan fingerprint density at radius 3 is 2.12 bits per heavy atom. The molecule has 2 aromatic rings. The lowest BCUT2D eigenvalue weighted by molar-refractivity contribution is -0.120. The fourth-order valence-corrected chi connectivity index (χ4v) is 4.05. The van der Waals surface area contributed by atoms with E-state index < -0.39 is 10.0 Å². The molecular weight excluding hydrogens is 336 g/mol. The van der Waals surface area contributed by atoms with Crippen LogP contribution in [0, 0.1) is 13.8 Å². The zero-order valence-corrected chi connectivity index (χ0v) is 15.8. The van der Waals surface area contributed by atoms with Crippen molar-refractivity contribution < 1.29 is 13.2 Å². The largest absolute Gasteiger partial charge is 0.352 e. The molecule has 0 fully saturated rings. The number of aryl methyl sites for hydroxylation is 2. The fraction of sp³-hybridized carbons (Fsp3) is 0.316. The van der Waals surface area contributed by atoms with Gasteiger partial charge in [0, 0.05) is 6.04 Å². The maximum absolute atomic E-state index is 13.1. The molecule has 0 bridgehead atoms. The molecule has 0 aliphatic carbocycles. The monoisotopic (exact) mass is 360 g/mol. The molecule has 0 heterocycles. The van der Waals surface area contributed by atoms with Crippen molar-refractivity contribution in [2.24, 2.45) is 0 Å². The molecule has 0 aliphatic rings. The average Bonchev–Trinajstić information content (AvgIpc) is 2.51. The Morgan fingerprint density at radius 1 is 1.04 bits per heavy atom. The third kappa shape index (κ3) is 4.82. The van der Waals surface area contributed by atoms with Crippen LogP contribution in [0.25, 0.3) is 0 Å². The van der Waals surface area contributed by atoms with E-state index in [1.54, 1.807) is 30.3 Å². The third-order valence-corrected chi connectivity index (χ3v) is 5.35. The van der Waals surface area contributed by atoms with Gasteiger partial charge in [-0.25, -0.2) is 8.42 Å². The molecule has 0 spiro atoms. The molecule has 2 aromatic carbocycles. The number of nitrogens with zero attached hydrogens (tertiary/aromatic N) is 1. The van der Waals surface area contributed by atoms with Gasteiger partial charge >= 0.3 is 0 Å². The van der Waals surface area contributed by atoms with Crippen LogP contribution in [0.5, 0.6) is 0 Å². The van der Waals surface area contributed by atoms with E-state index in [4.69, 9.17) is 0 Å². The fourth-order valence-electron chi connectivity index (χ4n) is 2.63. The first-order valence-corrected chi connectivity index (χ1v) is 9.59. The lowest BCUT2D eigenvalue weighted by Crippen LogP contribution is -2.43. The summed E-state index contributed by atoms with van der Waals surface area (Å²) in [6.45, 7) is 7.21. The zero-order valence-electron chi connectivity index (χ0n) is 15.0. The van der Waals surface area contributed by atoms with Crippen LogP contribution in [0.2, 0.25) is 0 Å². The number of carbonyl (C=O) groups excluding carboxylic acids is 1. The minimum atomic E-state index is -3.85. The molecule has 0 aromatic heterocycles. The Morgan fingerprint density at radius 2 is 1.60 bits per heavy atom. The van der Waals surface area contributed by atoms with Crippen molar-refractivity contribution >= 4 is 21.6 Å². The van der Waals surface area contributed by atoms with Gasteiger partial charge in [0.1, 0.15) is 6.54 Å². The third-order valence-electron chi connectivity index (χ3n) is 3.56. The van der Waals surface area contributed by atoms with Crippen LogP contribution >= 0.6 is 0 Å². The van der Waals surface area contributed by atoms with Gasteiger partial charge in [-0.1, -0.05) is 24.3 Å². The minimum absolute atomic E-state index is 0.0620. The van der Waals surface area contributed by atoms with Crippen LogP contribution in [0.15, 0.2) is 53.4 Å². The molecule has 0 saturated heterocycles. The molecule has 0 atom stereocenters. The summed E-state index contributed by atoms with van der Waals surface area (Å²) in [7, 11) is -3.85. The van der Waals surface area contributed by atoms with Gasteiger partial charge in [-0.15, -0.1) is 0 Å². The predicted octanol–water partition coefficient (Wildman–Crippen LogP) is 3.02. The molecule has 0 aliphatic heterocycles. The Balaban J connectivity index is 2.50. The van der Waals surface area contributed by atoms with E-state index in [1.165, 1.54) is 16.4 Å². The van der Waals surface area contributed by atoms with Crippen molar-refractivity contribution in [1.82, 2.24) is 5.32 Å². The molecule has 6 heteroatoms. The van der Waals surface area contributed by atoms with Crippen molar-refractivity contribution in [3.05, 3.63) is 59.7 Å². The van der Waals surface area contributed by atoms with E-state index in [-0.39, 0.29) is 23.4 Å². The maximum Gasteiger partial charge on any atom is 0.264 e. The number of rotatable bonds is 6. The van der Waals surface area contributed by atoms with Crippen molar-refractivity contribution in [1.29, 1.82) is 0 Å². The number of anilines is 1. The standard InChI is InChI=1S/C19H24N2O3S/c1-14(2)20-19(22)13-21(17-11-15(3)10-16(4)12-17)25(23,24)18-8-6-5-7-9-18/h5-12,14H,13H2,1-4H3,(H,20,22). The molecule has 0 radical (unpaired) electrons. The summed E-state index contributed by atoms with van der Waals surface area (Å²) >= 11 is 0. The van der Waals surface area contributed by atoms with Gasteiger partial charge in [-0.2, -0.15) is 0 Å². The summed E-state index contributed by atoms with van der Waals surface area (Å²) in [5.41, 5.74) is 2.36. The highest BCUT2D eigenvalue weighted by Crippen LogP contribution is 2.25. The SMILES string of the molecule is Cc1cc(C)cc(N(CC(=O)NC(C)C)S(=O)(=O)c2ccccc2)c1. The van der Waals surface area contributed by atoms with Gasteiger partial charge in [-0.3, -0.25) is 9.10 Å². The first kappa shape index (κ1) is 19.0. The Kier molecular flexibility index (Phi) is 5.85. The van der Waals surface area contributed by atoms with E-state index >= 15 is 0 Å². The lowest BCUT2D eigenvalue weighted by Gasteiger charge is -2.25. The summed E-state index contributed by atoms with van der Waals surface area (Å²) in [4.78, 5) is 12.4. The van der Waals surface area contributed by atoms with E-state index in [1.807, 2.05) is 33.8 Å². The van der Waals surface area contributed by atoms with E-state index in [0.29, 0.717) is 5.69 Å². The topological polar surface area (TPSA) is 66.5 Å². The second-order valence-electron chi connectivity index (χ2n) is 6.39. The Labute approximate surface area is 149 Å². The molecule has 2 rings (SSSR count). The van der Waals surface area contributed by atoms with Gasteiger partial charge in [0.05, 0.1) is 10.6 Å². The Bertz CT molecular complexity index is 826. The number of hydrogen-bond acceptors (Lipinski definition) is 3. The first-order chi connectivity index (χ1) is 11.7. The number of amides is 1. The normalized spacial score (nSPS) is 11.4. The number of sulfonamides is 1. The summed E-state index contributed by atoms with van der Waals surface area (Å²) < 4.78 is 27.4. The summed E-state index contributed by atoms with van der Waals surface area (Å²) in [6.07, 6.45) is 0. The van der Waals surface area contributed by atoms with Crippen LogP contribution in [0.3, 0.4) is 0 Å². The highest BCUT2D eigenvalue weighted by molar-refractivity contribution is 7.92. The molecule has 0 saturated carbocycles. The van der Waals surface area contributed by atoms with Crippen LogP contribution in [0.4, 0.5) is 5.69 Å². The van der Waals surface area contributed by atoms with Gasteiger partial charge < -0.3 is 5.32 Å². The molecule has 1 amide bonds. The van der Waals surface area contributed by atoms with Gasteiger partial charge in [0.2, 0.25) is 5.91 Å². The lowest BCUT2D eigenvalue weighted by atomic mass is 10.1. The molecule has 1 N–H and O–H groups in total. The minimum Gasteiger partial charge on any atom is -0.352 e. The van der Waals surface area contributed by atoms with Crippen molar-refractivity contribution in [2.45, 2.75) is 38.6 Å². The number of benzene rings is 2.